The Labute approximate surface area is 211 Å². The number of hydrogen-bond acceptors (Lipinski definition) is 10. The monoisotopic (exact) mass is 540 g/mol. The molecule has 14 nitrogen and oxygen atoms in total. The van der Waals surface area contributed by atoms with Crippen molar-refractivity contribution < 1.29 is 38.5 Å². The van der Waals surface area contributed by atoms with Crippen LogP contribution in [0.25, 0.3) is 0 Å². The second-order valence-corrected chi connectivity index (χ2v) is 7.36. The molecule has 0 saturated carbocycles. The van der Waals surface area contributed by atoms with E-state index >= 15 is 0 Å². The van der Waals surface area contributed by atoms with E-state index in [9.17, 15) is 39.4 Å². The summed E-state index contributed by atoms with van der Waals surface area (Å²) < 4.78 is 9.21. The second-order valence-electron chi connectivity index (χ2n) is 6.48. The normalized spacial score (nSPS) is 10.4. The van der Waals surface area contributed by atoms with Gasteiger partial charge in [0.15, 0.2) is 13.2 Å². The van der Waals surface area contributed by atoms with Gasteiger partial charge >= 0.3 is 11.9 Å². The van der Waals surface area contributed by atoms with E-state index in [1.807, 2.05) is 0 Å². The molecule has 0 unspecified atom stereocenters. The van der Waals surface area contributed by atoms with Crippen molar-refractivity contribution in [1.29, 1.82) is 0 Å². The summed E-state index contributed by atoms with van der Waals surface area (Å²) in [4.78, 5) is 67.6. The van der Waals surface area contributed by atoms with Gasteiger partial charge in [-0.05, 0) is 24.3 Å². The van der Waals surface area contributed by atoms with Gasteiger partial charge in [-0.1, -0.05) is 23.2 Å². The highest BCUT2D eigenvalue weighted by molar-refractivity contribution is 6.31. The molecule has 0 fully saturated rings. The van der Waals surface area contributed by atoms with Crippen LogP contribution in [0.15, 0.2) is 48.6 Å². The highest BCUT2D eigenvalue weighted by Gasteiger charge is 2.18. The summed E-state index contributed by atoms with van der Waals surface area (Å²) in [7, 11) is 0. The lowest BCUT2D eigenvalue weighted by Gasteiger charge is -2.07. The molecule has 0 bridgehead atoms. The minimum atomic E-state index is -1.14. The van der Waals surface area contributed by atoms with Crippen LogP contribution >= 0.6 is 23.2 Å². The molecule has 0 saturated heterocycles. The summed E-state index contributed by atoms with van der Waals surface area (Å²) in [5.74, 6) is -4.11. The molecule has 2 aromatic rings. The van der Waals surface area contributed by atoms with Crippen LogP contribution in [-0.4, -0.2) is 46.8 Å². The third-order valence-electron chi connectivity index (χ3n) is 3.91. The molecule has 0 radical (unpaired) electrons. The average Bonchev–Trinajstić information content (AvgIpc) is 2.79. The van der Waals surface area contributed by atoms with Gasteiger partial charge in [-0.2, -0.15) is 0 Å². The fraction of sp³-hybridized carbons (Fsp3) is 0.100. The summed E-state index contributed by atoms with van der Waals surface area (Å²) in [6, 6.07) is 6.93. The number of nitro benzene ring substituents is 2. The first-order chi connectivity index (χ1) is 17.0. The first-order valence-electron chi connectivity index (χ1n) is 9.45. The number of rotatable bonds is 10. The number of amides is 2. The van der Waals surface area contributed by atoms with E-state index in [0.29, 0.717) is 12.2 Å². The van der Waals surface area contributed by atoms with E-state index in [-0.39, 0.29) is 21.4 Å². The van der Waals surface area contributed by atoms with Gasteiger partial charge < -0.3 is 20.1 Å². The van der Waals surface area contributed by atoms with Gasteiger partial charge in [-0.25, -0.2) is 9.59 Å². The van der Waals surface area contributed by atoms with Crippen molar-refractivity contribution in [2.45, 2.75) is 0 Å². The summed E-state index contributed by atoms with van der Waals surface area (Å²) in [6.45, 7) is -1.69. The molecule has 188 valence electrons. The van der Waals surface area contributed by atoms with Crippen molar-refractivity contribution in [1.82, 2.24) is 0 Å². The molecule has 0 aromatic heterocycles. The predicted molar refractivity (Wildman–Crippen MR) is 125 cm³/mol. The van der Waals surface area contributed by atoms with E-state index in [4.69, 9.17) is 23.2 Å². The number of carbonyl (C=O) groups is 4. The minimum absolute atomic E-state index is 0.119. The van der Waals surface area contributed by atoms with Crippen molar-refractivity contribution in [3.63, 3.8) is 0 Å². The van der Waals surface area contributed by atoms with E-state index in [1.165, 1.54) is 12.1 Å². The van der Waals surface area contributed by atoms with E-state index in [1.54, 1.807) is 0 Å². The second kappa shape index (κ2) is 12.8. The summed E-state index contributed by atoms with van der Waals surface area (Å²) >= 11 is 11.5. The maximum absolute atomic E-state index is 11.9. The fourth-order valence-corrected chi connectivity index (χ4v) is 2.76. The Morgan fingerprint density at radius 3 is 1.44 bits per heavy atom. The first-order valence-corrected chi connectivity index (χ1v) is 10.2. The van der Waals surface area contributed by atoms with Crippen LogP contribution in [0.1, 0.15) is 0 Å². The Bertz CT molecular complexity index is 1170. The average molecular weight is 541 g/mol. The molecule has 0 aliphatic carbocycles. The van der Waals surface area contributed by atoms with Gasteiger partial charge in [-0.3, -0.25) is 29.8 Å². The third kappa shape index (κ3) is 8.66. The Hall–Kier alpha value is -4.56. The van der Waals surface area contributed by atoms with E-state index in [2.05, 4.69) is 20.1 Å². The van der Waals surface area contributed by atoms with Gasteiger partial charge in [0.2, 0.25) is 0 Å². The number of nitrogens with zero attached hydrogens (tertiary/aromatic N) is 2. The quantitative estimate of drug-likeness (QED) is 0.195. The molecule has 0 heterocycles. The summed E-state index contributed by atoms with van der Waals surface area (Å²) in [5, 5.41) is 26.5. The third-order valence-corrected chi connectivity index (χ3v) is 4.38. The SMILES string of the molecule is O=C(COC(=O)/C=C/C(=O)OCC(=O)Nc1cc(Cl)ccc1[N+](=O)[O-])Nc1cc(Cl)ccc1[N+](=O)[O-]. The number of ether oxygens (including phenoxy) is 2. The Morgan fingerprint density at radius 2 is 1.11 bits per heavy atom. The molecule has 2 N–H and O–H groups in total. The fourth-order valence-electron chi connectivity index (χ4n) is 2.41. The summed E-state index contributed by atoms with van der Waals surface area (Å²) in [6.07, 6.45) is 1.22. The zero-order valence-electron chi connectivity index (χ0n) is 17.8. The molecule has 36 heavy (non-hydrogen) atoms. The van der Waals surface area contributed by atoms with Crippen LogP contribution in [-0.2, 0) is 28.7 Å². The highest BCUT2D eigenvalue weighted by Crippen LogP contribution is 2.28. The highest BCUT2D eigenvalue weighted by atomic mass is 35.5. The molecule has 2 rings (SSSR count). The van der Waals surface area contributed by atoms with Crippen LogP contribution < -0.4 is 10.6 Å². The van der Waals surface area contributed by atoms with Crippen molar-refractivity contribution in [2.24, 2.45) is 0 Å². The standard InChI is InChI=1S/C20H14Cl2N4O10/c21-11-1-3-15(25(31)32)13(7-11)23-17(27)9-35-19(29)5-6-20(30)36-10-18(28)24-14-8-12(22)2-4-16(14)26(33)34/h1-8H,9-10H2,(H,23,27)(H,24,28)/b6-5+. The Morgan fingerprint density at radius 1 is 0.750 bits per heavy atom. The van der Waals surface area contributed by atoms with Crippen molar-refractivity contribution in [3.8, 4) is 0 Å². The van der Waals surface area contributed by atoms with Crippen LogP contribution in [0.5, 0.6) is 0 Å². The number of esters is 2. The number of halogens is 2. The number of benzene rings is 2. The molecular formula is C20H14Cl2N4O10. The lowest BCUT2D eigenvalue weighted by atomic mass is 10.2. The van der Waals surface area contributed by atoms with Crippen LogP contribution in [0, 0.1) is 20.2 Å². The zero-order chi connectivity index (χ0) is 26.8. The number of hydrogen-bond donors (Lipinski definition) is 2. The topological polar surface area (TPSA) is 197 Å². The number of nitro groups is 2. The Kier molecular flexibility index (Phi) is 9.83. The molecule has 2 amide bonds. The maximum atomic E-state index is 11.9. The van der Waals surface area contributed by atoms with E-state index in [0.717, 1.165) is 24.3 Å². The van der Waals surface area contributed by atoms with Gasteiger partial charge in [0.05, 0.1) is 9.85 Å². The molecule has 0 spiro atoms. The minimum Gasteiger partial charge on any atom is -0.452 e. The molecule has 0 aliphatic heterocycles. The van der Waals surface area contributed by atoms with Crippen LogP contribution in [0.3, 0.4) is 0 Å². The zero-order valence-corrected chi connectivity index (χ0v) is 19.3. The number of carbonyl (C=O) groups excluding carboxylic acids is 4. The maximum Gasteiger partial charge on any atom is 0.331 e. The van der Waals surface area contributed by atoms with Crippen molar-refractivity contribution in [3.05, 3.63) is 78.8 Å². The van der Waals surface area contributed by atoms with Gasteiger partial charge in [0.25, 0.3) is 23.2 Å². The molecule has 0 aliphatic rings. The molecule has 2 aromatic carbocycles. The van der Waals surface area contributed by atoms with Crippen molar-refractivity contribution in [2.75, 3.05) is 23.8 Å². The van der Waals surface area contributed by atoms with Gasteiger partial charge in [0, 0.05) is 34.3 Å². The van der Waals surface area contributed by atoms with Crippen LogP contribution in [0.4, 0.5) is 22.7 Å². The number of anilines is 2. The molecule has 16 heteroatoms. The lowest BCUT2D eigenvalue weighted by molar-refractivity contribution is -0.384. The number of nitrogens with one attached hydrogen (secondary N) is 2. The molecular weight excluding hydrogens is 527 g/mol. The smallest absolute Gasteiger partial charge is 0.331 e. The van der Waals surface area contributed by atoms with Crippen LogP contribution in [0.2, 0.25) is 10.0 Å². The van der Waals surface area contributed by atoms with E-state index < -0.39 is 58.2 Å². The van der Waals surface area contributed by atoms with Gasteiger partial charge in [-0.15, -0.1) is 0 Å². The summed E-state index contributed by atoms with van der Waals surface area (Å²) in [5.41, 5.74) is -1.30. The van der Waals surface area contributed by atoms with Crippen molar-refractivity contribution >= 4 is 69.7 Å². The largest absolute Gasteiger partial charge is 0.452 e. The predicted octanol–water partition coefficient (Wildman–Crippen LogP) is 3.03. The Balaban J connectivity index is 1.80. The first kappa shape index (κ1) is 27.7. The molecule has 0 atom stereocenters. The lowest BCUT2D eigenvalue weighted by Crippen LogP contribution is -2.21. The van der Waals surface area contributed by atoms with Gasteiger partial charge in [0.1, 0.15) is 11.4 Å².